The average molecular weight is 317 g/mol. The molecular weight excluding hydrogens is 297 g/mol. The van der Waals surface area contributed by atoms with Gasteiger partial charge in [0, 0.05) is 6.04 Å². The van der Waals surface area contributed by atoms with E-state index in [0.717, 1.165) is 24.1 Å². The maximum Gasteiger partial charge on any atom is 0.319 e. The number of hydrogen-bond acceptors (Lipinski definition) is 3. The topological polar surface area (TPSA) is 67.2 Å². The zero-order valence-electron chi connectivity index (χ0n) is 13.2. The first-order valence-electron chi connectivity index (χ1n) is 7.85. The fourth-order valence-corrected chi connectivity index (χ4v) is 2.90. The van der Waals surface area contributed by atoms with Crippen molar-refractivity contribution < 1.29 is 13.7 Å². The summed E-state index contributed by atoms with van der Waals surface area (Å²) in [5, 5.41) is 9.68. The van der Waals surface area contributed by atoms with Crippen molar-refractivity contribution >= 4 is 11.7 Å². The molecule has 1 aliphatic carbocycles. The number of aromatic nitrogens is 1. The number of benzene rings is 1. The second-order valence-electron chi connectivity index (χ2n) is 5.93. The molecule has 0 aliphatic heterocycles. The first-order valence-corrected chi connectivity index (χ1v) is 7.85. The summed E-state index contributed by atoms with van der Waals surface area (Å²) in [4.78, 5) is 12.1. The molecule has 23 heavy (non-hydrogen) atoms. The van der Waals surface area contributed by atoms with Gasteiger partial charge in [-0.3, -0.25) is 0 Å². The lowest BCUT2D eigenvalue weighted by Crippen LogP contribution is -2.45. The van der Waals surface area contributed by atoms with Crippen LogP contribution in [0, 0.1) is 12.7 Å². The lowest BCUT2D eigenvalue weighted by Gasteiger charge is -2.36. The van der Waals surface area contributed by atoms with Gasteiger partial charge in [-0.1, -0.05) is 24.2 Å². The van der Waals surface area contributed by atoms with Gasteiger partial charge in [0.1, 0.15) is 17.2 Å². The van der Waals surface area contributed by atoms with Gasteiger partial charge < -0.3 is 15.2 Å². The highest BCUT2D eigenvalue weighted by atomic mass is 19.1. The number of nitrogens with one attached hydrogen (secondary N) is 2. The first kappa shape index (κ1) is 15.5. The molecule has 1 aliphatic rings. The molecule has 2 aromatic rings. The van der Waals surface area contributed by atoms with E-state index in [1.807, 2.05) is 19.1 Å². The molecule has 1 aromatic heterocycles. The summed E-state index contributed by atoms with van der Waals surface area (Å²) < 4.78 is 18.0. The van der Waals surface area contributed by atoms with Crippen molar-refractivity contribution in [2.24, 2.45) is 0 Å². The van der Waals surface area contributed by atoms with E-state index in [9.17, 15) is 9.18 Å². The van der Waals surface area contributed by atoms with Crippen LogP contribution in [0.4, 0.5) is 14.9 Å². The van der Waals surface area contributed by atoms with Crippen molar-refractivity contribution in [1.82, 2.24) is 10.5 Å². The van der Waals surface area contributed by atoms with E-state index in [1.165, 1.54) is 12.1 Å². The number of nitrogens with zero attached hydrogens (tertiary/aromatic N) is 1. The van der Waals surface area contributed by atoms with Gasteiger partial charge in [-0.15, -0.1) is 0 Å². The summed E-state index contributed by atoms with van der Waals surface area (Å²) in [6, 6.07) is 6.46. The molecule has 0 saturated heterocycles. The predicted octanol–water partition coefficient (Wildman–Crippen LogP) is 3.75. The van der Waals surface area contributed by atoms with Crippen LogP contribution < -0.4 is 10.6 Å². The minimum atomic E-state index is -0.242. The van der Waals surface area contributed by atoms with Gasteiger partial charge in [0.2, 0.25) is 0 Å². The summed E-state index contributed by atoms with van der Waals surface area (Å²) in [6.45, 7) is 3.73. The normalized spacial score (nSPS) is 20.0. The molecule has 1 aromatic carbocycles. The minimum absolute atomic E-state index is 0.135. The highest BCUT2D eigenvalue weighted by Crippen LogP contribution is 2.36. The Morgan fingerprint density at radius 2 is 2.04 bits per heavy atom. The second kappa shape index (κ2) is 6.40. The monoisotopic (exact) mass is 317 g/mol. The van der Waals surface area contributed by atoms with Crippen molar-refractivity contribution in [2.75, 3.05) is 5.32 Å². The minimum Gasteiger partial charge on any atom is -0.359 e. The first-order chi connectivity index (χ1) is 11.1. The molecule has 1 heterocycles. The molecule has 6 heteroatoms. The number of anilines is 1. The Morgan fingerprint density at radius 3 is 2.70 bits per heavy atom. The van der Waals surface area contributed by atoms with E-state index in [1.54, 1.807) is 6.92 Å². The smallest absolute Gasteiger partial charge is 0.319 e. The van der Waals surface area contributed by atoms with Crippen molar-refractivity contribution in [3.63, 3.8) is 0 Å². The zero-order valence-corrected chi connectivity index (χ0v) is 13.2. The van der Waals surface area contributed by atoms with Gasteiger partial charge in [0.25, 0.3) is 0 Å². The van der Waals surface area contributed by atoms with Gasteiger partial charge >= 0.3 is 6.03 Å². The van der Waals surface area contributed by atoms with Crippen molar-refractivity contribution in [3.8, 4) is 0 Å². The molecule has 0 bridgehead atoms. The van der Waals surface area contributed by atoms with Crippen molar-refractivity contribution in [3.05, 3.63) is 47.1 Å². The van der Waals surface area contributed by atoms with Crippen LogP contribution in [0.1, 0.15) is 42.7 Å². The quantitative estimate of drug-likeness (QED) is 0.902. The molecule has 0 unspecified atom stereocenters. The number of rotatable bonds is 4. The highest BCUT2D eigenvalue weighted by Gasteiger charge is 2.31. The maximum absolute atomic E-state index is 12.9. The number of hydrogen-bond donors (Lipinski definition) is 2. The summed E-state index contributed by atoms with van der Waals surface area (Å²) in [7, 11) is 0. The molecule has 1 saturated carbocycles. The van der Waals surface area contributed by atoms with Crippen LogP contribution >= 0.6 is 0 Å². The maximum atomic E-state index is 12.9. The Morgan fingerprint density at radius 1 is 1.35 bits per heavy atom. The van der Waals surface area contributed by atoms with Crippen LogP contribution in [-0.4, -0.2) is 17.2 Å². The van der Waals surface area contributed by atoms with Crippen molar-refractivity contribution in [2.45, 2.75) is 45.1 Å². The van der Waals surface area contributed by atoms with Gasteiger partial charge in [-0.2, -0.15) is 0 Å². The lowest BCUT2D eigenvalue weighted by molar-refractivity contribution is 0.233. The second-order valence-corrected chi connectivity index (χ2v) is 5.93. The van der Waals surface area contributed by atoms with E-state index in [2.05, 4.69) is 15.8 Å². The Kier molecular flexibility index (Phi) is 4.32. The van der Waals surface area contributed by atoms with Crippen LogP contribution in [-0.2, 0) is 6.42 Å². The Labute approximate surface area is 134 Å². The summed E-state index contributed by atoms with van der Waals surface area (Å²) in [5.74, 6) is 0.761. The summed E-state index contributed by atoms with van der Waals surface area (Å²) >= 11 is 0. The molecular formula is C17H20FN3O2. The van der Waals surface area contributed by atoms with E-state index < -0.39 is 0 Å². The third-order valence-electron chi connectivity index (χ3n) is 4.32. The van der Waals surface area contributed by atoms with Gasteiger partial charge in [0.05, 0.1) is 0 Å². The number of urea groups is 1. The average Bonchev–Trinajstić information content (AvgIpc) is 2.84. The van der Waals surface area contributed by atoms with Crippen LogP contribution in [0.3, 0.4) is 0 Å². The summed E-state index contributed by atoms with van der Waals surface area (Å²) in [5.41, 5.74) is 2.52. The number of aryl methyl sites for hydroxylation is 2. The van der Waals surface area contributed by atoms with Crippen LogP contribution in [0.15, 0.2) is 28.8 Å². The molecule has 3 rings (SSSR count). The molecule has 0 atom stereocenters. The fraction of sp³-hybridized carbons (Fsp3) is 0.412. The van der Waals surface area contributed by atoms with Gasteiger partial charge in [0.15, 0.2) is 5.76 Å². The standard InChI is InChI=1S/C17H20FN3O2/c1-3-15-16(10(2)23-21-15)20-17(22)19-14-8-12(9-14)11-4-6-13(18)7-5-11/h4-7,12,14H,3,8-9H2,1-2H3,(H2,19,20,22). The Hall–Kier alpha value is -2.37. The largest absolute Gasteiger partial charge is 0.359 e. The SMILES string of the molecule is CCc1noc(C)c1NC(=O)NC1CC(c2ccc(F)cc2)C1. The van der Waals surface area contributed by atoms with E-state index in [0.29, 0.717) is 23.8 Å². The lowest BCUT2D eigenvalue weighted by atomic mass is 9.76. The molecule has 2 N–H and O–H groups in total. The summed E-state index contributed by atoms with van der Waals surface area (Å²) in [6.07, 6.45) is 2.42. The molecule has 0 radical (unpaired) electrons. The highest BCUT2D eigenvalue weighted by molar-refractivity contribution is 5.90. The molecule has 122 valence electrons. The van der Waals surface area contributed by atoms with Crippen LogP contribution in [0.2, 0.25) is 0 Å². The molecule has 5 nitrogen and oxygen atoms in total. The van der Waals surface area contributed by atoms with E-state index in [-0.39, 0.29) is 17.9 Å². The van der Waals surface area contributed by atoms with Gasteiger partial charge in [-0.25, -0.2) is 9.18 Å². The van der Waals surface area contributed by atoms with E-state index >= 15 is 0 Å². The van der Waals surface area contributed by atoms with Crippen molar-refractivity contribution in [1.29, 1.82) is 0 Å². The number of carbonyl (C=O) groups is 1. The van der Waals surface area contributed by atoms with Gasteiger partial charge in [-0.05, 0) is 49.8 Å². The number of carbonyl (C=O) groups excluding carboxylic acids is 1. The van der Waals surface area contributed by atoms with Crippen LogP contribution in [0.5, 0.6) is 0 Å². The molecule has 0 spiro atoms. The molecule has 1 fully saturated rings. The number of amides is 2. The fourth-order valence-electron chi connectivity index (χ4n) is 2.90. The van der Waals surface area contributed by atoms with E-state index in [4.69, 9.17) is 4.52 Å². The Balaban J connectivity index is 1.50. The third-order valence-corrected chi connectivity index (χ3v) is 4.32. The Bertz CT molecular complexity index is 690. The third kappa shape index (κ3) is 3.36. The zero-order chi connectivity index (χ0) is 16.4. The predicted molar refractivity (Wildman–Crippen MR) is 84.9 cm³/mol. The van der Waals surface area contributed by atoms with Crippen LogP contribution in [0.25, 0.3) is 0 Å². The molecule has 2 amide bonds. The number of halogens is 1.